The predicted octanol–water partition coefficient (Wildman–Crippen LogP) is 2.66. The van der Waals surface area contributed by atoms with E-state index in [2.05, 4.69) is 21.2 Å². The van der Waals surface area contributed by atoms with Gasteiger partial charge in [0.1, 0.15) is 11.2 Å². The molecule has 10 heteroatoms. The first kappa shape index (κ1) is 21.9. The summed E-state index contributed by atoms with van der Waals surface area (Å²) in [6, 6.07) is 2.65. The Balaban J connectivity index is 1.28. The molecule has 2 aliphatic carbocycles. The lowest BCUT2D eigenvalue weighted by Gasteiger charge is -2.29. The number of hydrogen-bond acceptors (Lipinski definition) is 6. The summed E-state index contributed by atoms with van der Waals surface area (Å²) in [6.07, 6.45) is 10.5. The fourth-order valence-corrected chi connectivity index (χ4v) is 6.63. The molecule has 0 aromatic carbocycles. The van der Waals surface area contributed by atoms with Gasteiger partial charge in [-0.05, 0) is 56.8 Å². The maximum Gasteiger partial charge on any atom is 0.264 e. The van der Waals surface area contributed by atoms with Gasteiger partial charge in [0.25, 0.3) is 5.56 Å². The molecule has 36 heavy (non-hydrogen) atoms. The molecule has 0 unspecified atom stereocenters. The smallest absolute Gasteiger partial charge is 0.264 e. The molecular weight excluding hydrogens is 456 g/mol. The third kappa shape index (κ3) is 3.52. The molecule has 190 valence electrons. The number of carbonyl (C=O) groups excluding carboxylic acids is 1. The van der Waals surface area contributed by atoms with Crippen molar-refractivity contribution in [2.45, 2.75) is 63.5 Å². The van der Waals surface area contributed by atoms with Gasteiger partial charge in [-0.1, -0.05) is 0 Å². The molecule has 1 atom stereocenters. The van der Waals surface area contributed by atoms with Crippen LogP contribution in [0.4, 0.5) is 11.6 Å². The summed E-state index contributed by atoms with van der Waals surface area (Å²) in [5, 5.41) is 12.6. The SMILES string of the molecule is Cn1nc(-c2cn(C(C3CC3)C3CC3)c(=O)c3c(N)n[nH]c23)cc1N1CCC[C@H]1CN1CCCC1=O. The second kappa shape index (κ2) is 8.11. The first-order chi connectivity index (χ1) is 17.5. The van der Waals surface area contributed by atoms with Gasteiger partial charge in [-0.2, -0.15) is 10.2 Å². The summed E-state index contributed by atoms with van der Waals surface area (Å²) in [5.74, 6) is 2.72. The average Bonchev–Trinajstić information content (AvgIpc) is 3.71. The molecule has 0 bridgehead atoms. The number of pyridine rings is 1. The Morgan fingerprint density at radius 1 is 1.11 bits per heavy atom. The molecule has 7 rings (SSSR count). The predicted molar refractivity (Wildman–Crippen MR) is 138 cm³/mol. The Morgan fingerprint density at radius 3 is 2.58 bits per heavy atom. The van der Waals surface area contributed by atoms with Gasteiger partial charge in [-0.15, -0.1) is 0 Å². The van der Waals surface area contributed by atoms with Crippen LogP contribution in [0.3, 0.4) is 0 Å². The van der Waals surface area contributed by atoms with E-state index in [1.807, 2.05) is 27.4 Å². The van der Waals surface area contributed by atoms with Crippen LogP contribution in [0.15, 0.2) is 17.1 Å². The monoisotopic (exact) mass is 490 g/mol. The number of H-pyrrole nitrogens is 1. The molecule has 2 saturated heterocycles. The minimum absolute atomic E-state index is 0.0464. The van der Waals surface area contributed by atoms with Gasteiger partial charge in [-0.3, -0.25) is 19.4 Å². The van der Waals surface area contributed by atoms with Crippen LogP contribution in [0.2, 0.25) is 0 Å². The normalized spacial score (nSPS) is 22.6. The van der Waals surface area contributed by atoms with Crippen molar-refractivity contribution in [2.24, 2.45) is 18.9 Å². The van der Waals surface area contributed by atoms with E-state index in [4.69, 9.17) is 10.8 Å². The van der Waals surface area contributed by atoms with Gasteiger partial charge < -0.3 is 20.1 Å². The largest absolute Gasteiger partial charge is 0.382 e. The van der Waals surface area contributed by atoms with Crippen molar-refractivity contribution in [1.29, 1.82) is 0 Å². The van der Waals surface area contributed by atoms with Gasteiger partial charge in [0.05, 0.1) is 11.2 Å². The fourth-order valence-electron chi connectivity index (χ4n) is 6.63. The van der Waals surface area contributed by atoms with Gasteiger partial charge in [0.15, 0.2) is 5.82 Å². The molecule has 3 N–H and O–H groups in total. The van der Waals surface area contributed by atoms with Crippen LogP contribution in [0.25, 0.3) is 22.2 Å². The minimum Gasteiger partial charge on any atom is -0.382 e. The van der Waals surface area contributed by atoms with Crippen LogP contribution in [0, 0.1) is 11.8 Å². The van der Waals surface area contributed by atoms with Crippen LogP contribution in [0.1, 0.15) is 57.4 Å². The number of hydrogen-bond donors (Lipinski definition) is 2. The third-order valence-electron chi connectivity index (χ3n) is 8.72. The number of aromatic nitrogens is 5. The van der Waals surface area contributed by atoms with Crippen LogP contribution in [-0.2, 0) is 11.8 Å². The van der Waals surface area contributed by atoms with E-state index in [0.717, 1.165) is 56.0 Å². The molecule has 3 aromatic rings. The molecule has 4 fully saturated rings. The van der Waals surface area contributed by atoms with E-state index in [0.29, 0.717) is 35.2 Å². The average molecular weight is 491 g/mol. The number of likely N-dealkylation sites (tertiary alicyclic amines) is 1. The van der Waals surface area contributed by atoms with Crippen LogP contribution < -0.4 is 16.2 Å². The molecule has 0 radical (unpaired) electrons. The van der Waals surface area contributed by atoms with Crippen molar-refractivity contribution < 1.29 is 4.79 Å². The number of aromatic amines is 1. The summed E-state index contributed by atoms with van der Waals surface area (Å²) >= 11 is 0. The number of anilines is 2. The summed E-state index contributed by atoms with van der Waals surface area (Å²) in [5.41, 5.74) is 8.48. The van der Waals surface area contributed by atoms with E-state index in [-0.39, 0.29) is 23.3 Å². The highest BCUT2D eigenvalue weighted by Crippen LogP contribution is 2.52. The van der Waals surface area contributed by atoms with Gasteiger partial charge in [0.2, 0.25) is 5.91 Å². The molecular formula is C26H34N8O2. The fraction of sp³-hybridized carbons (Fsp3) is 0.615. The molecule has 3 aromatic heterocycles. The number of fused-ring (bicyclic) bond motifs is 1. The second-order valence-electron chi connectivity index (χ2n) is 11.2. The minimum atomic E-state index is -0.0464. The van der Waals surface area contributed by atoms with E-state index in [9.17, 15) is 9.59 Å². The molecule has 5 heterocycles. The number of aryl methyl sites for hydroxylation is 1. The molecule has 4 aliphatic rings. The second-order valence-corrected chi connectivity index (χ2v) is 11.2. The lowest BCUT2D eigenvalue weighted by Crippen LogP contribution is -2.41. The zero-order chi connectivity index (χ0) is 24.6. The number of nitrogen functional groups attached to an aromatic ring is 1. The van der Waals surface area contributed by atoms with Crippen LogP contribution >= 0.6 is 0 Å². The number of rotatable bonds is 7. The number of amides is 1. The van der Waals surface area contributed by atoms with Crippen molar-refractivity contribution >= 4 is 28.4 Å². The Hall–Kier alpha value is -3.30. The van der Waals surface area contributed by atoms with E-state index >= 15 is 0 Å². The topological polar surface area (TPSA) is 118 Å². The molecule has 2 saturated carbocycles. The van der Waals surface area contributed by atoms with E-state index < -0.39 is 0 Å². The lowest BCUT2D eigenvalue weighted by molar-refractivity contribution is -0.127. The molecule has 2 aliphatic heterocycles. The summed E-state index contributed by atoms with van der Waals surface area (Å²) in [6.45, 7) is 2.59. The van der Waals surface area contributed by atoms with E-state index in [1.54, 1.807) is 0 Å². The Labute approximate surface area is 209 Å². The number of nitrogens with two attached hydrogens (primary N) is 1. The summed E-state index contributed by atoms with van der Waals surface area (Å²) < 4.78 is 3.88. The number of carbonyl (C=O) groups is 1. The zero-order valence-corrected chi connectivity index (χ0v) is 20.8. The van der Waals surface area contributed by atoms with Crippen molar-refractivity contribution in [1.82, 2.24) is 29.4 Å². The Morgan fingerprint density at radius 2 is 1.89 bits per heavy atom. The summed E-state index contributed by atoms with van der Waals surface area (Å²) in [4.78, 5) is 30.2. The maximum absolute atomic E-state index is 13.6. The van der Waals surface area contributed by atoms with Crippen molar-refractivity contribution in [3.63, 3.8) is 0 Å². The molecule has 1 amide bonds. The maximum atomic E-state index is 13.6. The number of nitrogens with one attached hydrogen (secondary N) is 1. The van der Waals surface area contributed by atoms with Crippen LogP contribution in [-0.4, -0.2) is 61.0 Å². The highest BCUT2D eigenvalue weighted by Gasteiger charge is 2.43. The quantitative estimate of drug-likeness (QED) is 0.526. The standard InChI is InChI=1S/C26H34N8O2/c1-31-20(33-11-2-4-17(33)13-32-10-3-5-21(32)35)12-19(30-31)18-14-34(24(15-6-7-15)16-8-9-16)26(36)22-23(18)28-29-25(22)27/h12,14-17,24H,2-11,13H2,1H3,(H3,27,28,29)/t17-/m0/s1. The summed E-state index contributed by atoms with van der Waals surface area (Å²) in [7, 11) is 1.97. The highest BCUT2D eigenvalue weighted by atomic mass is 16.2. The van der Waals surface area contributed by atoms with Crippen molar-refractivity contribution in [3.8, 4) is 11.3 Å². The Bertz CT molecular complexity index is 1380. The Kier molecular flexibility index (Phi) is 4.94. The lowest BCUT2D eigenvalue weighted by atomic mass is 10.0. The first-order valence-electron chi connectivity index (χ1n) is 13.5. The van der Waals surface area contributed by atoms with Crippen molar-refractivity contribution in [2.75, 3.05) is 30.3 Å². The third-order valence-corrected chi connectivity index (χ3v) is 8.72. The van der Waals surface area contributed by atoms with Gasteiger partial charge >= 0.3 is 0 Å². The molecule has 0 spiro atoms. The van der Waals surface area contributed by atoms with Crippen LogP contribution in [0.5, 0.6) is 0 Å². The van der Waals surface area contributed by atoms with Crippen molar-refractivity contribution in [3.05, 3.63) is 22.6 Å². The highest BCUT2D eigenvalue weighted by molar-refractivity contribution is 5.97. The number of nitrogens with zero attached hydrogens (tertiary/aromatic N) is 6. The van der Waals surface area contributed by atoms with Gasteiger partial charge in [-0.25, -0.2) is 0 Å². The van der Waals surface area contributed by atoms with E-state index in [1.165, 1.54) is 25.7 Å². The van der Waals surface area contributed by atoms with Gasteiger partial charge in [0, 0.05) is 63.0 Å². The zero-order valence-electron chi connectivity index (χ0n) is 20.8. The molecule has 10 nitrogen and oxygen atoms in total. The first-order valence-corrected chi connectivity index (χ1v) is 13.5.